The molecule has 2 N–H and O–H groups in total. The van der Waals surface area contributed by atoms with Gasteiger partial charge in [0.1, 0.15) is 24.0 Å². The minimum atomic E-state index is -0.940. The van der Waals surface area contributed by atoms with Gasteiger partial charge in [0.2, 0.25) is 0 Å². The van der Waals surface area contributed by atoms with E-state index in [0.717, 1.165) is 84.3 Å². The minimum absolute atomic E-state index is 0.000915. The Morgan fingerprint density at radius 3 is 2.53 bits per heavy atom. The summed E-state index contributed by atoms with van der Waals surface area (Å²) in [5.41, 5.74) is 4.34. The number of allylic oxidation sites excluding steroid dienone is 3. The maximum absolute atomic E-state index is 15.4. The zero-order valence-electron chi connectivity index (χ0n) is 29.8. The molecule has 3 fully saturated rings. The van der Waals surface area contributed by atoms with E-state index in [1.807, 2.05) is 33.8 Å². The summed E-state index contributed by atoms with van der Waals surface area (Å²) < 4.78 is 22.0. The lowest BCUT2D eigenvalue weighted by molar-refractivity contribution is 0.0288. The number of fused-ring (bicyclic) bond motifs is 3. The van der Waals surface area contributed by atoms with E-state index in [1.165, 1.54) is 18.9 Å². The predicted molar refractivity (Wildman–Crippen MR) is 196 cm³/mol. The van der Waals surface area contributed by atoms with Gasteiger partial charge in [-0.15, -0.1) is 0 Å². The molecule has 260 valence electrons. The second-order valence-corrected chi connectivity index (χ2v) is 14.9. The van der Waals surface area contributed by atoms with Gasteiger partial charge in [0, 0.05) is 23.7 Å². The molecule has 0 saturated carbocycles. The third-order valence-electron chi connectivity index (χ3n) is 11.4. The van der Waals surface area contributed by atoms with Gasteiger partial charge < -0.3 is 19.8 Å². The van der Waals surface area contributed by atoms with E-state index < -0.39 is 5.60 Å². The summed E-state index contributed by atoms with van der Waals surface area (Å²) in [4.78, 5) is 20.2. The highest BCUT2D eigenvalue weighted by Crippen LogP contribution is 2.46. The molecule has 8 nitrogen and oxygen atoms in total. The molecule has 4 aliphatic rings. The molecular formula is C40H50FN5O3. The van der Waals surface area contributed by atoms with Crippen molar-refractivity contribution in [1.82, 2.24) is 14.9 Å². The Hall–Kier alpha value is -3.82. The van der Waals surface area contributed by atoms with Crippen LogP contribution < -0.4 is 9.64 Å². The molecular weight excluding hydrogens is 617 g/mol. The first-order valence-corrected chi connectivity index (χ1v) is 18.2. The van der Waals surface area contributed by atoms with Crippen LogP contribution in [0.25, 0.3) is 28.0 Å². The highest BCUT2D eigenvalue weighted by molar-refractivity contribution is 6.50. The molecule has 2 atom stereocenters. The molecule has 2 unspecified atom stereocenters. The van der Waals surface area contributed by atoms with Crippen molar-refractivity contribution in [3.63, 3.8) is 0 Å². The lowest BCUT2D eigenvalue weighted by Crippen LogP contribution is -2.59. The number of benzene rings is 2. The zero-order valence-corrected chi connectivity index (χ0v) is 29.8. The third kappa shape index (κ3) is 5.82. The SMILES string of the molecule is C/C=C1\C(=NC(C)CC)C(c2cc(O)cc3ccc(F)c(CC)c23)=Cc2nc(OCC34CCCN3CCC4)nc(N3CCC3C(C)(C)O)c21. The van der Waals surface area contributed by atoms with Gasteiger partial charge >= 0.3 is 6.01 Å². The Morgan fingerprint density at radius 2 is 1.90 bits per heavy atom. The Balaban J connectivity index is 1.47. The summed E-state index contributed by atoms with van der Waals surface area (Å²) in [6.07, 6.45) is 10.8. The van der Waals surface area contributed by atoms with Crippen LogP contribution in [0.4, 0.5) is 10.2 Å². The number of aliphatic imine (C=N–C) groups is 1. The van der Waals surface area contributed by atoms with Crippen LogP contribution in [0.2, 0.25) is 0 Å². The van der Waals surface area contributed by atoms with Gasteiger partial charge in [-0.2, -0.15) is 9.97 Å². The Kier molecular flexibility index (Phi) is 8.80. The van der Waals surface area contributed by atoms with Gasteiger partial charge in [-0.3, -0.25) is 9.89 Å². The number of halogens is 1. The molecule has 3 aromatic rings. The molecule has 0 spiro atoms. The summed E-state index contributed by atoms with van der Waals surface area (Å²) in [5.74, 6) is 0.561. The number of phenolic OH excluding ortho intramolecular Hbond substituents is 1. The number of hydrogen-bond acceptors (Lipinski definition) is 8. The van der Waals surface area contributed by atoms with Crippen molar-refractivity contribution in [3.8, 4) is 11.8 Å². The van der Waals surface area contributed by atoms with Crippen LogP contribution in [0, 0.1) is 5.82 Å². The van der Waals surface area contributed by atoms with Crippen molar-refractivity contribution >= 4 is 39.5 Å². The first-order valence-electron chi connectivity index (χ1n) is 18.2. The standard InChI is InChI=1S/C40H50FN5O3/c1-7-24(4)42-36-28(9-3)35-32(22-30(36)29-21-26(47)20-25-12-13-31(41)27(8-2)34(25)29)43-38(44-37(35)46-19-14-33(46)39(5,6)48)49-23-40-15-10-17-45(40)18-11-16-40/h9,12-13,20-22,24,33,47-48H,7-8,10-11,14-19,23H2,1-6H3/b28-9-,42-36?. The Morgan fingerprint density at radius 1 is 1.14 bits per heavy atom. The van der Waals surface area contributed by atoms with Crippen molar-refractivity contribution in [3.05, 3.63) is 58.5 Å². The van der Waals surface area contributed by atoms with Crippen LogP contribution in [-0.2, 0) is 6.42 Å². The monoisotopic (exact) mass is 667 g/mol. The van der Waals surface area contributed by atoms with Crippen LogP contribution in [0.3, 0.4) is 0 Å². The van der Waals surface area contributed by atoms with Crippen LogP contribution in [0.15, 0.2) is 35.3 Å². The number of anilines is 1. The normalized spacial score (nSPS) is 22.7. The van der Waals surface area contributed by atoms with E-state index in [9.17, 15) is 10.2 Å². The van der Waals surface area contributed by atoms with Crippen molar-refractivity contribution < 1.29 is 19.3 Å². The van der Waals surface area contributed by atoms with Crippen LogP contribution >= 0.6 is 0 Å². The second kappa shape index (κ2) is 12.8. The van der Waals surface area contributed by atoms with Crippen molar-refractivity contribution in [2.24, 2.45) is 4.99 Å². The molecule has 3 aliphatic heterocycles. The first-order chi connectivity index (χ1) is 23.5. The van der Waals surface area contributed by atoms with Gasteiger partial charge in [-0.05, 0) is 132 Å². The number of aromatic hydroxyl groups is 1. The number of ether oxygens (including phenoxy) is 1. The van der Waals surface area contributed by atoms with Crippen LogP contribution in [-0.4, -0.2) is 80.3 Å². The summed E-state index contributed by atoms with van der Waals surface area (Å²) >= 11 is 0. The fourth-order valence-corrected chi connectivity index (χ4v) is 8.58. The van der Waals surface area contributed by atoms with Crippen LogP contribution in [0.5, 0.6) is 11.8 Å². The quantitative estimate of drug-likeness (QED) is 0.243. The highest BCUT2D eigenvalue weighted by Gasteiger charge is 2.46. The predicted octanol–water partition coefficient (Wildman–Crippen LogP) is 7.59. The number of rotatable bonds is 9. The van der Waals surface area contributed by atoms with E-state index in [-0.39, 0.29) is 29.2 Å². The number of aryl methyl sites for hydroxylation is 1. The number of aromatic nitrogens is 2. The third-order valence-corrected chi connectivity index (χ3v) is 11.4. The molecule has 1 aliphatic carbocycles. The van der Waals surface area contributed by atoms with Gasteiger partial charge in [-0.25, -0.2) is 4.39 Å². The number of aliphatic hydroxyl groups is 1. The average molecular weight is 668 g/mol. The molecule has 0 amide bonds. The first kappa shape index (κ1) is 33.7. The smallest absolute Gasteiger partial charge is 0.319 e. The topological polar surface area (TPSA) is 94.3 Å². The van der Waals surface area contributed by atoms with Gasteiger partial charge in [-0.1, -0.05) is 26.0 Å². The maximum Gasteiger partial charge on any atom is 0.319 e. The number of nitrogens with zero attached hydrogens (tertiary/aromatic N) is 5. The van der Waals surface area contributed by atoms with E-state index in [1.54, 1.807) is 18.2 Å². The lowest BCUT2D eigenvalue weighted by Gasteiger charge is -2.49. The van der Waals surface area contributed by atoms with E-state index in [2.05, 4.69) is 29.7 Å². The summed E-state index contributed by atoms with van der Waals surface area (Å²) in [7, 11) is 0. The molecule has 0 radical (unpaired) electrons. The van der Waals surface area contributed by atoms with E-state index in [0.29, 0.717) is 35.9 Å². The fraction of sp³-hybridized carbons (Fsp3) is 0.525. The molecule has 4 heterocycles. The summed E-state index contributed by atoms with van der Waals surface area (Å²) in [5, 5.41) is 23.7. The molecule has 1 aromatic heterocycles. The van der Waals surface area contributed by atoms with Gasteiger partial charge in [0.15, 0.2) is 0 Å². The van der Waals surface area contributed by atoms with Crippen molar-refractivity contribution in [2.75, 3.05) is 31.1 Å². The molecule has 7 rings (SSSR count). The van der Waals surface area contributed by atoms with Crippen molar-refractivity contribution in [1.29, 1.82) is 0 Å². The maximum atomic E-state index is 15.4. The second-order valence-electron chi connectivity index (χ2n) is 14.9. The lowest BCUT2D eigenvalue weighted by atomic mass is 9.81. The van der Waals surface area contributed by atoms with E-state index in [4.69, 9.17) is 19.7 Å². The minimum Gasteiger partial charge on any atom is -0.508 e. The van der Waals surface area contributed by atoms with Crippen molar-refractivity contribution in [2.45, 2.75) is 110 Å². The van der Waals surface area contributed by atoms with E-state index >= 15 is 4.39 Å². The summed E-state index contributed by atoms with van der Waals surface area (Å²) in [6, 6.07) is 6.82. The molecule has 49 heavy (non-hydrogen) atoms. The number of phenols is 1. The van der Waals surface area contributed by atoms with Gasteiger partial charge in [0.25, 0.3) is 0 Å². The van der Waals surface area contributed by atoms with Gasteiger partial charge in [0.05, 0.1) is 34.2 Å². The molecule has 0 bridgehead atoms. The molecule has 3 saturated heterocycles. The summed E-state index contributed by atoms with van der Waals surface area (Å²) in [6.45, 7) is 15.3. The Bertz CT molecular complexity index is 1870. The molecule has 2 aromatic carbocycles. The largest absolute Gasteiger partial charge is 0.508 e. The fourth-order valence-electron chi connectivity index (χ4n) is 8.58. The number of hydrogen-bond donors (Lipinski definition) is 2. The van der Waals surface area contributed by atoms with Crippen LogP contribution in [0.1, 0.15) is 102 Å². The zero-order chi connectivity index (χ0) is 34.7. The molecule has 9 heteroatoms. The Labute approximate surface area is 289 Å². The average Bonchev–Trinajstić information content (AvgIpc) is 3.62. The highest BCUT2D eigenvalue weighted by atomic mass is 19.1.